The summed E-state index contributed by atoms with van der Waals surface area (Å²) in [5, 5.41) is 13.0. The quantitative estimate of drug-likeness (QED) is 0.774. The molecule has 3 rings (SSSR count). The van der Waals surface area contributed by atoms with Crippen LogP contribution in [-0.4, -0.2) is 46.3 Å². The van der Waals surface area contributed by atoms with Gasteiger partial charge in [0, 0.05) is 45.4 Å². The summed E-state index contributed by atoms with van der Waals surface area (Å²) in [6, 6.07) is 4.71. The molecule has 124 valence electrons. The number of nitrogens with zero attached hydrogens (tertiary/aromatic N) is 1. The molecule has 0 spiro atoms. The molecule has 1 aliphatic heterocycles. The second-order valence-electron chi connectivity index (χ2n) is 5.93. The standard InChI is InChI=1S/C16H20FN3O3/c17-11-2-1-3-12-15(11)20-13(19-12)4-5-14(21)18-10-16(22)6-8-23-9-7-16/h1-3,22H,4-10H2,(H,18,21)(H,19,20). The number of amides is 1. The lowest BCUT2D eigenvalue weighted by Crippen LogP contribution is -2.46. The Labute approximate surface area is 133 Å². The SMILES string of the molecule is O=C(CCc1nc2c(F)cccc2[nH]1)NCC1(O)CCOCC1. The third-order valence-electron chi connectivity index (χ3n) is 4.14. The Morgan fingerprint density at radius 1 is 1.43 bits per heavy atom. The van der Waals surface area contributed by atoms with Crippen LogP contribution in [0.4, 0.5) is 4.39 Å². The molecular weight excluding hydrogens is 301 g/mol. The van der Waals surface area contributed by atoms with Crippen LogP contribution < -0.4 is 5.32 Å². The van der Waals surface area contributed by atoms with Crippen molar-refractivity contribution < 1.29 is 19.0 Å². The number of benzene rings is 1. The van der Waals surface area contributed by atoms with E-state index in [1.54, 1.807) is 12.1 Å². The lowest BCUT2D eigenvalue weighted by atomic mass is 9.94. The van der Waals surface area contributed by atoms with E-state index in [9.17, 15) is 14.3 Å². The minimum Gasteiger partial charge on any atom is -0.388 e. The fourth-order valence-electron chi connectivity index (χ4n) is 2.68. The number of imidazole rings is 1. The highest BCUT2D eigenvalue weighted by Crippen LogP contribution is 2.19. The summed E-state index contributed by atoms with van der Waals surface area (Å²) in [4.78, 5) is 19.1. The van der Waals surface area contributed by atoms with E-state index in [1.165, 1.54) is 6.07 Å². The number of hydrogen-bond donors (Lipinski definition) is 3. The largest absolute Gasteiger partial charge is 0.388 e. The van der Waals surface area contributed by atoms with Gasteiger partial charge in [-0.2, -0.15) is 0 Å². The monoisotopic (exact) mass is 321 g/mol. The number of aromatic nitrogens is 2. The van der Waals surface area contributed by atoms with Crippen molar-refractivity contribution in [2.45, 2.75) is 31.3 Å². The molecule has 3 N–H and O–H groups in total. The summed E-state index contributed by atoms with van der Waals surface area (Å²) in [6.07, 6.45) is 1.67. The number of carbonyl (C=O) groups excluding carboxylic acids is 1. The van der Waals surface area contributed by atoms with Gasteiger partial charge in [0.25, 0.3) is 0 Å². The summed E-state index contributed by atoms with van der Waals surface area (Å²) in [6.45, 7) is 1.25. The molecule has 6 nitrogen and oxygen atoms in total. The van der Waals surface area contributed by atoms with E-state index in [0.29, 0.717) is 49.3 Å². The van der Waals surface area contributed by atoms with Gasteiger partial charge in [0.05, 0.1) is 11.1 Å². The Morgan fingerprint density at radius 3 is 2.96 bits per heavy atom. The molecule has 0 saturated carbocycles. The zero-order chi connectivity index (χ0) is 16.3. The summed E-state index contributed by atoms with van der Waals surface area (Å²) < 4.78 is 18.8. The minimum atomic E-state index is -0.879. The number of ether oxygens (including phenoxy) is 1. The Kier molecular flexibility index (Phi) is 4.58. The summed E-state index contributed by atoms with van der Waals surface area (Å²) in [5.74, 6) is 0.0343. The summed E-state index contributed by atoms with van der Waals surface area (Å²) >= 11 is 0. The Balaban J connectivity index is 1.51. The van der Waals surface area contributed by atoms with Gasteiger partial charge in [-0.05, 0) is 12.1 Å². The second kappa shape index (κ2) is 6.64. The molecule has 1 aromatic heterocycles. The number of aliphatic hydroxyl groups is 1. The molecule has 0 aliphatic carbocycles. The third kappa shape index (κ3) is 3.86. The van der Waals surface area contributed by atoms with Gasteiger partial charge in [0.15, 0.2) is 5.82 Å². The maximum Gasteiger partial charge on any atom is 0.220 e. The normalized spacial score (nSPS) is 17.3. The number of hydrogen-bond acceptors (Lipinski definition) is 4. The van der Waals surface area contributed by atoms with Crippen LogP contribution in [0.2, 0.25) is 0 Å². The lowest BCUT2D eigenvalue weighted by molar-refractivity contribution is -0.123. The van der Waals surface area contributed by atoms with E-state index in [1.807, 2.05) is 0 Å². The molecule has 1 aliphatic rings. The predicted molar refractivity (Wildman–Crippen MR) is 82.4 cm³/mol. The van der Waals surface area contributed by atoms with Crippen molar-refractivity contribution in [3.05, 3.63) is 29.8 Å². The second-order valence-corrected chi connectivity index (χ2v) is 5.93. The van der Waals surface area contributed by atoms with Gasteiger partial charge in [-0.3, -0.25) is 4.79 Å². The average Bonchev–Trinajstić information content (AvgIpc) is 2.96. The third-order valence-corrected chi connectivity index (χ3v) is 4.14. The van der Waals surface area contributed by atoms with E-state index in [2.05, 4.69) is 15.3 Å². The molecule has 1 saturated heterocycles. The van der Waals surface area contributed by atoms with Crippen LogP contribution in [0, 0.1) is 5.82 Å². The molecule has 1 fully saturated rings. The number of para-hydroxylation sites is 1. The van der Waals surface area contributed by atoms with Gasteiger partial charge in [-0.25, -0.2) is 9.37 Å². The van der Waals surface area contributed by atoms with Crippen LogP contribution in [0.5, 0.6) is 0 Å². The average molecular weight is 321 g/mol. The molecule has 1 aromatic carbocycles. The number of nitrogens with one attached hydrogen (secondary N) is 2. The number of aryl methyl sites for hydroxylation is 1. The molecule has 7 heteroatoms. The minimum absolute atomic E-state index is 0.161. The fraction of sp³-hybridized carbons (Fsp3) is 0.500. The number of halogens is 1. The zero-order valence-corrected chi connectivity index (χ0v) is 12.8. The van der Waals surface area contributed by atoms with Crippen molar-refractivity contribution >= 4 is 16.9 Å². The van der Waals surface area contributed by atoms with Crippen molar-refractivity contribution in [1.29, 1.82) is 0 Å². The van der Waals surface area contributed by atoms with E-state index in [4.69, 9.17) is 4.74 Å². The van der Waals surface area contributed by atoms with Gasteiger partial charge < -0.3 is 20.1 Å². The highest BCUT2D eigenvalue weighted by atomic mass is 19.1. The maximum absolute atomic E-state index is 13.6. The molecule has 0 bridgehead atoms. The number of rotatable bonds is 5. The first-order valence-electron chi connectivity index (χ1n) is 7.76. The van der Waals surface area contributed by atoms with Crippen LogP contribution in [0.1, 0.15) is 25.1 Å². The predicted octanol–water partition coefficient (Wildman–Crippen LogP) is 1.29. The first-order valence-corrected chi connectivity index (χ1v) is 7.76. The lowest BCUT2D eigenvalue weighted by Gasteiger charge is -2.32. The van der Waals surface area contributed by atoms with Crippen LogP contribution in [0.25, 0.3) is 11.0 Å². The number of aromatic amines is 1. The van der Waals surface area contributed by atoms with Gasteiger partial charge >= 0.3 is 0 Å². The molecule has 23 heavy (non-hydrogen) atoms. The fourth-order valence-corrected chi connectivity index (χ4v) is 2.68. The molecular formula is C16H20FN3O3. The van der Waals surface area contributed by atoms with Crippen LogP contribution in [0.3, 0.4) is 0 Å². The molecule has 0 unspecified atom stereocenters. The van der Waals surface area contributed by atoms with E-state index >= 15 is 0 Å². The smallest absolute Gasteiger partial charge is 0.220 e. The van der Waals surface area contributed by atoms with Crippen molar-refractivity contribution in [3.8, 4) is 0 Å². The summed E-state index contributed by atoms with van der Waals surface area (Å²) in [5.41, 5.74) is 0.0347. The number of H-pyrrole nitrogens is 1. The molecule has 0 atom stereocenters. The maximum atomic E-state index is 13.6. The first kappa shape index (κ1) is 15.9. The number of carbonyl (C=O) groups is 1. The van der Waals surface area contributed by atoms with Crippen molar-refractivity contribution in [1.82, 2.24) is 15.3 Å². The molecule has 1 amide bonds. The highest BCUT2D eigenvalue weighted by molar-refractivity contribution is 5.77. The first-order chi connectivity index (χ1) is 11.1. The van der Waals surface area contributed by atoms with Gasteiger partial charge in [-0.15, -0.1) is 0 Å². The van der Waals surface area contributed by atoms with E-state index in [-0.39, 0.29) is 24.7 Å². The van der Waals surface area contributed by atoms with Gasteiger partial charge in [-0.1, -0.05) is 6.07 Å². The van der Waals surface area contributed by atoms with Crippen molar-refractivity contribution in [3.63, 3.8) is 0 Å². The molecule has 0 radical (unpaired) electrons. The summed E-state index contributed by atoms with van der Waals surface area (Å²) in [7, 11) is 0. The zero-order valence-electron chi connectivity index (χ0n) is 12.8. The van der Waals surface area contributed by atoms with Gasteiger partial charge in [0.2, 0.25) is 5.91 Å². The van der Waals surface area contributed by atoms with Crippen LogP contribution in [-0.2, 0) is 16.0 Å². The number of fused-ring (bicyclic) bond motifs is 1. The molecule has 2 heterocycles. The Hall–Kier alpha value is -1.99. The van der Waals surface area contributed by atoms with E-state index in [0.717, 1.165) is 0 Å². The van der Waals surface area contributed by atoms with Gasteiger partial charge in [0.1, 0.15) is 11.3 Å². The van der Waals surface area contributed by atoms with Crippen molar-refractivity contribution in [2.75, 3.05) is 19.8 Å². The Morgan fingerprint density at radius 2 is 2.22 bits per heavy atom. The Bertz CT molecular complexity index is 695. The van der Waals surface area contributed by atoms with Crippen LogP contribution in [0.15, 0.2) is 18.2 Å². The van der Waals surface area contributed by atoms with Crippen LogP contribution >= 0.6 is 0 Å². The van der Waals surface area contributed by atoms with Crippen molar-refractivity contribution in [2.24, 2.45) is 0 Å². The highest BCUT2D eigenvalue weighted by Gasteiger charge is 2.29. The molecule has 2 aromatic rings. The topological polar surface area (TPSA) is 87.2 Å². The van der Waals surface area contributed by atoms with E-state index < -0.39 is 5.60 Å².